The standard InChI is InChI=1S/C25H28N2O4/c1-29-19-12-13-22(30-2)20(16-19)21-10-6-14-27(21)24(28)17-26-25(23-11-7-15-31-23)18-8-4-3-5-9-18/h3-5,7-9,11-13,15-16,21,25-26H,6,10,14,17H2,1-2H3/p+1/t21-,25+/m0/s1. The Balaban J connectivity index is 1.51. The van der Waals surface area contributed by atoms with Crippen molar-refractivity contribution in [2.24, 2.45) is 0 Å². The van der Waals surface area contributed by atoms with E-state index in [9.17, 15) is 4.79 Å². The summed E-state index contributed by atoms with van der Waals surface area (Å²) in [5.41, 5.74) is 2.11. The molecule has 6 nitrogen and oxygen atoms in total. The monoisotopic (exact) mass is 421 g/mol. The highest BCUT2D eigenvalue weighted by Gasteiger charge is 2.33. The highest BCUT2D eigenvalue weighted by atomic mass is 16.5. The molecule has 1 aliphatic heterocycles. The van der Waals surface area contributed by atoms with Crippen molar-refractivity contribution >= 4 is 5.91 Å². The summed E-state index contributed by atoms with van der Waals surface area (Å²) in [5, 5.41) is 2.05. The van der Waals surface area contributed by atoms with Crippen molar-refractivity contribution in [1.82, 2.24) is 4.90 Å². The van der Waals surface area contributed by atoms with E-state index in [0.717, 1.165) is 47.8 Å². The number of nitrogens with two attached hydrogens (primary N) is 1. The molecule has 0 radical (unpaired) electrons. The van der Waals surface area contributed by atoms with Gasteiger partial charge in [0.25, 0.3) is 5.91 Å². The van der Waals surface area contributed by atoms with Crippen molar-refractivity contribution < 1.29 is 24.0 Å². The molecule has 1 amide bonds. The summed E-state index contributed by atoms with van der Waals surface area (Å²) in [4.78, 5) is 15.3. The van der Waals surface area contributed by atoms with Crippen molar-refractivity contribution in [2.75, 3.05) is 27.3 Å². The molecule has 6 heteroatoms. The van der Waals surface area contributed by atoms with Crippen LogP contribution >= 0.6 is 0 Å². The average Bonchev–Trinajstić information content (AvgIpc) is 3.52. The molecule has 0 saturated carbocycles. The third-order valence-corrected chi connectivity index (χ3v) is 5.91. The van der Waals surface area contributed by atoms with E-state index in [1.807, 2.05) is 53.4 Å². The normalized spacial score (nSPS) is 16.8. The molecule has 2 heterocycles. The first-order valence-corrected chi connectivity index (χ1v) is 10.6. The van der Waals surface area contributed by atoms with Crippen molar-refractivity contribution in [2.45, 2.75) is 24.9 Å². The summed E-state index contributed by atoms with van der Waals surface area (Å²) < 4.78 is 16.6. The van der Waals surface area contributed by atoms with E-state index in [-0.39, 0.29) is 18.0 Å². The van der Waals surface area contributed by atoms with Gasteiger partial charge in [0.2, 0.25) is 0 Å². The first kappa shape index (κ1) is 21.0. The average molecular weight is 422 g/mol. The van der Waals surface area contributed by atoms with E-state index >= 15 is 0 Å². The van der Waals surface area contributed by atoms with Gasteiger partial charge >= 0.3 is 0 Å². The quantitative estimate of drug-likeness (QED) is 0.606. The Morgan fingerprint density at radius 2 is 1.97 bits per heavy atom. The molecule has 2 atom stereocenters. The zero-order valence-electron chi connectivity index (χ0n) is 18.0. The number of carbonyl (C=O) groups is 1. The van der Waals surface area contributed by atoms with E-state index < -0.39 is 0 Å². The van der Waals surface area contributed by atoms with E-state index in [1.165, 1.54) is 0 Å². The maximum atomic E-state index is 13.3. The molecule has 4 rings (SSSR count). The number of hydrogen-bond acceptors (Lipinski definition) is 4. The van der Waals surface area contributed by atoms with Crippen LogP contribution in [0.1, 0.15) is 41.8 Å². The van der Waals surface area contributed by atoms with E-state index in [2.05, 4.69) is 17.4 Å². The first-order valence-electron chi connectivity index (χ1n) is 10.6. The Morgan fingerprint density at radius 3 is 2.68 bits per heavy atom. The largest absolute Gasteiger partial charge is 0.497 e. The minimum atomic E-state index is -0.0624. The minimum Gasteiger partial charge on any atom is -0.497 e. The lowest BCUT2D eigenvalue weighted by Gasteiger charge is -2.26. The van der Waals surface area contributed by atoms with Crippen LogP contribution in [0.5, 0.6) is 11.5 Å². The maximum absolute atomic E-state index is 13.3. The fraction of sp³-hybridized carbons (Fsp3) is 0.320. The molecule has 2 N–H and O–H groups in total. The predicted molar refractivity (Wildman–Crippen MR) is 117 cm³/mol. The Labute approximate surface area is 182 Å². The molecule has 31 heavy (non-hydrogen) atoms. The number of methoxy groups -OCH3 is 2. The minimum absolute atomic E-state index is 0.00950. The molecular formula is C25H29N2O4+. The van der Waals surface area contributed by atoms with Gasteiger partial charge in [0.15, 0.2) is 18.3 Å². The van der Waals surface area contributed by atoms with Crippen LogP contribution in [0.25, 0.3) is 0 Å². The molecule has 3 aromatic rings. The second-order valence-corrected chi connectivity index (χ2v) is 7.70. The lowest BCUT2D eigenvalue weighted by Crippen LogP contribution is -2.87. The van der Waals surface area contributed by atoms with Gasteiger partial charge in [0.05, 0.1) is 26.5 Å². The van der Waals surface area contributed by atoms with Gasteiger partial charge in [-0.05, 0) is 43.2 Å². The molecule has 1 aromatic heterocycles. The van der Waals surface area contributed by atoms with Crippen LogP contribution in [0.4, 0.5) is 0 Å². The van der Waals surface area contributed by atoms with Gasteiger partial charge in [-0.1, -0.05) is 30.3 Å². The van der Waals surface area contributed by atoms with Crippen molar-refractivity contribution in [3.8, 4) is 11.5 Å². The Morgan fingerprint density at radius 1 is 1.13 bits per heavy atom. The zero-order chi connectivity index (χ0) is 21.6. The van der Waals surface area contributed by atoms with Crippen LogP contribution in [0.2, 0.25) is 0 Å². The smallest absolute Gasteiger partial charge is 0.278 e. The molecule has 1 saturated heterocycles. The molecule has 1 aliphatic rings. The fourth-order valence-electron chi connectivity index (χ4n) is 4.37. The molecule has 0 bridgehead atoms. The third kappa shape index (κ3) is 4.59. The van der Waals surface area contributed by atoms with Gasteiger partial charge in [0, 0.05) is 17.7 Å². The van der Waals surface area contributed by atoms with Crippen LogP contribution in [0.15, 0.2) is 71.3 Å². The molecule has 1 fully saturated rings. The highest BCUT2D eigenvalue weighted by Crippen LogP contribution is 2.38. The number of hydrogen-bond donors (Lipinski definition) is 1. The van der Waals surface area contributed by atoms with E-state index in [0.29, 0.717) is 6.54 Å². The highest BCUT2D eigenvalue weighted by molar-refractivity contribution is 5.78. The van der Waals surface area contributed by atoms with Crippen LogP contribution in [0.3, 0.4) is 0 Å². The Hall–Kier alpha value is -3.25. The van der Waals surface area contributed by atoms with Gasteiger partial charge in [-0.3, -0.25) is 4.79 Å². The number of carbonyl (C=O) groups excluding carboxylic acids is 1. The fourth-order valence-corrected chi connectivity index (χ4v) is 4.37. The van der Waals surface area contributed by atoms with E-state index in [4.69, 9.17) is 13.9 Å². The molecule has 0 unspecified atom stereocenters. The molecule has 0 spiro atoms. The number of ether oxygens (including phenoxy) is 2. The molecule has 162 valence electrons. The molecular weight excluding hydrogens is 392 g/mol. The SMILES string of the molecule is COc1ccc(OC)c([C@@H]2CCCN2C(=O)C[NH2+][C@H](c2ccccc2)c2ccco2)c1. The van der Waals surface area contributed by atoms with Gasteiger partial charge in [-0.2, -0.15) is 0 Å². The lowest BCUT2D eigenvalue weighted by atomic mass is 10.0. The second-order valence-electron chi connectivity index (χ2n) is 7.70. The summed E-state index contributed by atoms with van der Waals surface area (Å²) in [6.07, 6.45) is 3.55. The summed E-state index contributed by atoms with van der Waals surface area (Å²) in [5.74, 6) is 2.50. The van der Waals surface area contributed by atoms with Crippen LogP contribution in [-0.4, -0.2) is 38.1 Å². The number of furan rings is 1. The number of amides is 1. The predicted octanol–water partition coefficient (Wildman–Crippen LogP) is 3.31. The van der Waals surface area contributed by atoms with Gasteiger partial charge in [-0.25, -0.2) is 0 Å². The number of rotatable bonds is 8. The van der Waals surface area contributed by atoms with Crippen molar-refractivity contribution in [3.63, 3.8) is 0 Å². The van der Waals surface area contributed by atoms with Crippen LogP contribution < -0.4 is 14.8 Å². The molecule has 2 aromatic carbocycles. The number of nitrogens with zero attached hydrogens (tertiary/aromatic N) is 1. The van der Waals surface area contributed by atoms with E-state index in [1.54, 1.807) is 20.5 Å². The maximum Gasteiger partial charge on any atom is 0.278 e. The first-order chi connectivity index (χ1) is 15.2. The summed E-state index contributed by atoms with van der Waals surface area (Å²) in [6, 6.07) is 19.7. The second kappa shape index (κ2) is 9.71. The number of quaternary nitrogens is 1. The topological polar surface area (TPSA) is 68.5 Å². The summed E-state index contributed by atoms with van der Waals surface area (Å²) in [7, 11) is 3.31. The van der Waals surface area contributed by atoms with Crippen LogP contribution in [0, 0.1) is 0 Å². The Kier molecular flexibility index (Phi) is 6.57. The molecule has 0 aliphatic carbocycles. The number of benzene rings is 2. The van der Waals surface area contributed by atoms with Crippen molar-refractivity contribution in [3.05, 3.63) is 83.8 Å². The van der Waals surface area contributed by atoms with Crippen molar-refractivity contribution in [1.29, 1.82) is 0 Å². The summed E-state index contributed by atoms with van der Waals surface area (Å²) >= 11 is 0. The summed E-state index contributed by atoms with van der Waals surface area (Å²) in [6.45, 7) is 1.08. The lowest BCUT2D eigenvalue weighted by molar-refractivity contribution is -0.679. The number of likely N-dealkylation sites (tertiary alicyclic amines) is 1. The van der Waals surface area contributed by atoms with Gasteiger partial charge in [-0.15, -0.1) is 0 Å². The van der Waals surface area contributed by atoms with Crippen LogP contribution in [-0.2, 0) is 4.79 Å². The zero-order valence-corrected chi connectivity index (χ0v) is 18.0. The van der Waals surface area contributed by atoms with Gasteiger partial charge < -0.3 is 24.1 Å². The Bertz CT molecular complexity index is 988. The third-order valence-electron chi connectivity index (χ3n) is 5.91. The van der Waals surface area contributed by atoms with Gasteiger partial charge in [0.1, 0.15) is 11.5 Å².